The van der Waals surface area contributed by atoms with Gasteiger partial charge in [-0.05, 0) is 35.3 Å². The molecule has 0 aromatic heterocycles. The average molecular weight is 252 g/mol. The van der Waals surface area contributed by atoms with E-state index in [-0.39, 0.29) is 11.8 Å². The lowest BCUT2D eigenvalue weighted by atomic mass is 9.75. The highest BCUT2D eigenvalue weighted by Crippen LogP contribution is 2.37. The Morgan fingerprint density at radius 1 is 1.06 bits per heavy atom. The van der Waals surface area contributed by atoms with Crippen LogP contribution in [0, 0.1) is 11.8 Å². The van der Waals surface area contributed by atoms with E-state index in [1.807, 2.05) is 11.8 Å². The maximum absolute atomic E-state index is 10.9. The first kappa shape index (κ1) is 14.6. The van der Waals surface area contributed by atoms with Crippen molar-refractivity contribution in [3.63, 3.8) is 0 Å². The Kier molecular flexibility index (Phi) is 5.08. The second kappa shape index (κ2) is 5.92. The SMILES string of the molecule is CCSc1ccc(C(O)(C(C)C)C(C)C)cc1. The van der Waals surface area contributed by atoms with Gasteiger partial charge in [-0.25, -0.2) is 0 Å². The summed E-state index contributed by atoms with van der Waals surface area (Å²) in [7, 11) is 0. The van der Waals surface area contributed by atoms with Crippen molar-refractivity contribution in [2.45, 2.75) is 45.1 Å². The normalized spacial score (nSPS) is 12.5. The Morgan fingerprint density at radius 3 is 1.88 bits per heavy atom. The molecule has 0 bridgehead atoms. The topological polar surface area (TPSA) is 20.2 Å². The summed E-state index contributed by atoms with van der Waals surface area (Å²) in [5.41, 5.74) is 0.304. The van der Waals surface area contributed by atoms with E-state index in [1.54, 1.807) is 0 Å². The first-order chi connectivity index (χ1) is 7.92. The molecular weight excluding hydrogens is 228 g/mol. The van der Waals surface area contributed by atoms with Gasteiger partial charge in [-0.15, -0.1) is 11.8 Å². The van der Waals surface area contributed by atoms with Gasteiger partial charge in [-0.1, -0.05) is 46.8 Å². The van der Waals surface area contributed by atoms with Gasteiger partial charge in [0.15, 0.2) is 0 Å². The molecule has 2 heteroatoms. The summed E-state index contributed by atoms with van der Waals surface area (Å²) < 4.78 is 0. The minimum Gasteiger partial charge on any atom is -0.385 e. The molecule has 0 saturated heterocycles. The molecule has 0 atom stereocenters. The second-order valence-corrected chi connectivity index (χ2v) is 6.43. The van der Waals surface area contributed by atoms with Gasteiger partial charge in [0.1, 0.15) is 0 Å². The Bertz CT molecular complexity index is 332. The summed E-state index contributed by atoms with van der Waals surface area (Å²) in [5, 5.41) is 10.9. The molecule has 0 aliphatic heterocycles. The highest BCUT2D eigenvalue weighted by molar-refractivity contribution is 7.99. The first-order valence-electron chi connectivity index (χ1n) is 6.38. The van der Waals surface area contributed by atoms with Gasteiger partial charge in [0.05, 0.1) is 5.60 Å². The summed E-state index contributed by atoms with van der Waals surface area (Å²) in [6.45, 7) is 10.5. The lowest BCUT2D eigenvalue weighted by Gasteiger charge is -2.36. The lowest BCUT2D eigenvalue weighted by Crippen LogP contribution is -2.37. The highest BCUT2D eigenvalue weighted by atomic mass is 32.2. The molecule has 1 rings (SSSR count). The highest BCUT2D eigenvalue weighted by Gasteiger charge is 2.36. The largest absolute Gasteiger partial charge is 0.385 e. The zero-order valence-corrected chi connectivity index (χ0v) is 12.3. The van der Waals surface area contributed by atoms with Crippen LogP contribution in [0.5, 0.6) is 0 Å². The zero-order chi connectivity index (χ0) is 13.1. The number of aliphatic hydroxyl groups is 1. The number of rotatable bonds is 5. The third-order valence-corrected chi connectivity index (χ3v) is 4.28. The average Bonchev–Trinajstić information content (AvgIpc) is 2.28. The van der Waals surface area contributed by atoms with Crippen LogP contribution < -0.4 is 0 Å². The second-order valence-electron chi connectivity index (χ2n) is 5.09. The summed E-state index contributed by atoms with van der Waals surface area (Å²) in [6.07, 6.45) is 0. The molecule has 1 nitrogen and oxygen atoms in total. The van der Waals surface area contributed by atoms with Crippen LogP contribution >= 0.6 is 11.8 Å². The Morgan fingerprint density at radius 2 is 1.53 bits per heavy atom. The van der Waals surface area contributed by atoms with Gasteiger partial charge in [0, 0.05) is 4.90 Å². The van der Waals surface area contributed by atoms with Crippen molar-refractivity contribution in [2.24, 2.45) is 11.8 Å². The maximum atomic E-state index is 10.9. The molecule has 0 saturated carbocycles. The molecular formula is C15H24OS. The van der Waals surface area contributed by atoms with E-state index in [9.17, 15) is 5.11 Å². The molecule has 1 aromatic carbocycles. The molecule has 0 heterocycles. The third-order valence-electron chi connectivity index (χ3n) is 3.39. The fourth-order valence-electron chi connectivity index (χ4n) is 2.32. The van der Waals surface area contributed by atoms with Crippen LogP contribution in [0.2, 0.25) is 0 Å². The predicted molar refractivity (Wildman–Crippen MR) is 76.4 cm³/mol. The molecule has 0 spiro atoms. The molecule has 1 N–H and O–H groups in total. The third kappa shape index (κ3) is 3.05. The zero-order valence-electron chi connectivity index (χ0n) is 11.5. The van der Waals surface area contributed by atoms with Crippen LogP contribution in [-0.4, -0.2) is 10.9 Å². The van der Waals surface area contributed by atoms with E-state index in [0.717, 1.165) is 11.3 Å². The smallest absolute Gasteiger partial charge is 0.0942 e. The number of hydrogen-bond donors (Lipinski definition) is 1. The van der Waals surface area contributed by atoms with E-state index in [2.05, 4.69) is 58.9 Å². The van der Waals surface area contributed by atoms with Crippen LogP contribution in [0.1, 0.15) is 40.2 Å². The summed E-state index contributed by atoms with van der Waals surface area (Å²) >= 11 is 1.83. The van der Waals surface area contributed by atoms with Crippen molar-refractivity contribution >= 4 is 11.8 Å². The van der Waals surface area contributed by atoms with Crippen molar-refractivity contribution in [3.05, 3.63) is 29.8 Å². The Balaban J connectivity index is 3.04. The number of thioether (sulfide) groups is 1. The van der Waals surface area contributed by atoms with Crippen LogP contribution in [0.25, 0.3) is 0 Å². The van der Waals surface area contributed by atoms with Gasteiger partial charge in [0.25, 0.3) is 0 Å². The molecule has 1 aromatic rings. The van der Waals surface area contributed by atoms with Crippen molar-refractivity contribution in [3.8, 4) is 0 Å². The van der Waals surface area contributed by atoms with Crippen LogP contribution in [0.15, 0.2) is 29.2 Å². The summed E-state index contributed by atoms with van der Waals surface area (Å²) in [4.78, 5) is 1.27. The summed E-state index contributed by atoms with van der Waals surface area (Å²) in [6, 6.07) is 8.36. The molecule has 0 amide bonds. The molecule has 96 valence electrons. The van der Waals surface area contributed by atoms with Gasteiger partial charge in [-0.2, -0.15) is 0 Å². The first-order valence-corrected chi connectivity index (χ1v) is 7.37. The monoisotopic (exact) mass is 252 g/mol. The molecule has 17 heavy (non-hydrogen) atoms. The summed E-state index contributed by atoms with van der Waals surface area (Å²) in [5.74, 6) is 1.51. The van der Waals surface area contributed by atoms with Crippen molar-refractivity contribution in [1.29, 1.82) is 0 Å². The standard InChI is InChI=1S/C15H24OS/c1-6-17-14-9-7-13(8-10-14)15(16,11(2)3)12(4)5/h7-12,16H,6H2,1-5H3. The number of hydrogen-bond acceptors (Lipinski definition) is 2. The van der Waals surface area contributed by atoms with E-state index in [1.165, 1.54) is 4.90 Å². The maximum Gasteiger partial charge on any atom is 0.0942 e. The van der Waals surface area contributed by atoms with E-state index in [0.29, 0.717) is 0 Å². The molecule has 0 radical (unpaired) electrons. The lowest BCUT2D eigenvalue weighted by molar-refractivity contribution is -0.0531. The Hall–Kier alpha value is -0.470. The van der Waals surface area contributed by atoms with Gasteiger partial charge in [-0.3, -0.25) is 0 Å². The van der Waals surface area contributed by atoms with E-state index in [4.69, 9.17) is 0 Å². The Labute approximate surface area is 110 Å². The minimum atomic E-state index is -0.727. The van der Waals surface area contributed by atoms with Gasteiger partial charge in [0.2, 0.25) is 0 Å². The quantitative estimate of drug-likeness (QED) is 0.789. The fraction of sp³-hybridized carbons (Fsp3) is 0.600. The predicted octanol–water partition coefficient (Wildman–Crippen LogP) is 4.30. The number of benzene rings is 1. The minimum absolute atomic E-state index is 0.215. The van der Waals surface area contributed by atoms with Crippen LogP contribution in [0.3, 0.4) is 0 Å². The molecule has 0 aliphatic rings. The fourth-order valence-corrected chi connectivity index (χ4v) is 2.98. The van der Waals surface area contributed by atoms with E-state index >= 15 is 0 Å². The van der Waals surface area contributed by atoms with Gasteiger partial charge >= 0.3 is 0 Å². The van der Waals surface area contributed by atoms with Crippen LogP contribution in [0.4, 0.5) is 0 Å². The molecule has 0 unspecified atom stereocenters. The van der Waals surface area contributed by atoms with Crippen molar-refractivity contribution in [1.82, 2.24) is 0 Å². The molecule has 0 aliphatic carbocycles. The van der Waals surface area contributed by atoms with Crippen molar-refractivity contribution in [2.75, 3.05) is 5.75 Å². The van der Waals surface area contributed by atoms with Gasteiger partial charge < -0.3 is 5.11 Å². The van der Waals surface area contributed by atoms with E-state index < -0.39 is 5.60 Å². The van der Waals surface area contributed by atoms with Crippen LogP contribution in [-0.2, 0) is 5.60 Å². The molecule has 0 fully saturated rings. The van der Waals surface area contributed by atoms with Crippen molar-refractivity contribution < 1.29 is 5.11 Å².